The Balaban J connectivity index is 2.10. The van der Waals surface area contributed by atoms with Crippen LogP contribution < -0.4 is 4.90 Å². The lowest BCUT2D eigenvalue weighted by molar-refractivity contribution is 0.0935. The standard InChI is InChI=1S/C15H13NO2/c1-10-7-8-12-13(9-10)15(18)16(14(12)17)11-5-3-2-4-6-11/h2-9,15,18H,1H3. The van der Waals surface area contributed by atoms with Gasteiger partial charge in [-0.3, -0.25) is 9.69 Å². The van der Waals surface area contributed by atoms with E-state index in [1.807, 2.05) is 49.4 Å². The number of amides is 1. The Labute approximate surface area is 105 Å². The van der Waals surface area contributed by atoms with Gasteiger partial charge in [0.25, 0.3) is 5.91 Å². The first kappa shape index (κ1) is 11.0. The molecular weight excluding hydrogens is 226 g/mol. The molecule has 0 saturated heterocycles. The average molecular weight is 239 g/mol. The number of rotatable bonds is 1. The number of nitrogens with zero attached hydrogens (tertiary/aromatic N) is 1. The monoisotopic (exact) mass is 239 g/mol. The molecule has 1 heterocycles. The Hall–Kier alpha value is -2.13. The summed E-state index contributed by atoms with van der Waals surface area (Å²) in [6.07, 6.45) is -0.894. The number of benzene rings is 2. The molecule has 1 unspecified atom stereocenters. The molecule has 0 spiro atoms. The molecule has 2 aromatic rings. The smallest absolute Gasteiger partial charge is 0.261 e. The predicted octanol–water partition coefficient (Wildman–Crippen LogP) is 2.65. The third kappa shape index (κ3) is 1.52. The second-order valence-electron chi connectivity index (χ2n) is 4.48. The maximum absolute atomic E-state index is 12.3. The number of carbonyl (C=O) groups excluding carboxylic acids is 1. The lowest BCUT2D eigenvalue weighted by atomic mass is 10.1. The summed E-state index contributed by atoms with van der Waals surface area (Å²) >= 11 is 0. The summed E-state index contributed by atoms with van der Waals surface area (Å²) in [7, 11) is 0. The van der Waals surface area contributed by atoms with Crippen molar-refractivity contribution in [3.63, 3.8) is 0 Å². The van der Waals surface area contributed by atoms with Crippen molar-refractivity contribution >= 4 is 11.6 Å². The number of carbonyl (C=O) groups is 1. The fraction of sp³-hybridized carbons (Fsp3) is 0.133. The Kier molecular flexibility index (Phi) is 2.42. The van der Waals surface area contributed by atoms with Crippen molar-refractivity contribution in [1.82, 2.24) is 0 Å². The first-order chi connectivity index (χ1) is 8.68. The van der Waals surface area contributed by atoms with Gasteiger partial charge in [0.2, 0.25) is 0 Å². The summed E-state index contributed by atoms with van der Waals surface area (Å²) in [5.74, 6) is -0.149. The molecule has 0 fully saturated rings. The van der Waals surface area contributed by atoms with Crippen LogP contribution in [0.5, 0.6) is 0 Å². The lowest BCUT2D eigenvalue weighted by Gasteiger charge is -2.20. The summed E-state index contributed by atoms with van der Waals surface area (Å²) in [4.78, 5) is 13.7. The van der Waals surface area contributed by atoms with Crippen LogP contribution in [0, 0.1) is 6.92 Å². The van der Waals surface area contributed by atoms with Crippen LogP contribution in [0.3, 0.4) is 0 Å². The van der Waals surface area contributed by atoms with E-state index in [-0.39, 0.29) is 5.91 Å². The van der Waals surface area contributed by atoms with E-state index in [9.17, 15) is 9.90 Å². The maximum Gasteiger partial charge on any atom is 0.261 e. The first-order valence-corrected chi connectivity index (χ1v) is 5.86. The zero-order chi connectivity index (χ0) is 12.7. The Morgan fingerprint density at radius 2 is 1.83 bits per heavy atom. The van der Waals surface area contributed by atoms with Crippen LogP contribution in [0.2, 0.25) is 0 Å². The lowest BCUT2D eigenvalue weighted by Crippen LogP contribution is -2.27. The van der Waals surface area contributed by atoms with Gasteiger partial charge in [-0.05, 0) is 25.1 Å². The van der Waals surface area contributed by atoms with Crippen molar-refractivity contribution < 1.29 is 9.90 Å². The quantitative estimate of drug-likeness (QED) is 0.831. The van der Waals surface area contributed by atoms with Gasteiger partial charge in [0, 0.05) is 16.8 Å². The Morgan fingerprint density at radius 3 is 2.56 bits per heavy atom. The third-order valence-electron chi connectivity index (χ3n) is 3.21. The molecule has 1 aliphatic heterocycles. The minimum Gasteiger partial charge on any atom is -0.369 e. The van der Waals surface area contributed by atoms with E-state index in [0.717, 1.165) is 5.56 Å². The number of aliphatic hydroxyl groups is 1. The number of para-hydroxylation sites is 1. The van der Waals surface area contributed by atoms with Gasteiger partial charge >= 0.3 is 0 Å². The molecule has 3 nitrogen and oxygen atoms in total. The van der Waals surface area contributed by atoms with Crippen molar-refractivity contribution in [3.05, 3.63) is 65.2 Å². The molecule has 1 amide bonds. The maximum atomic E-state index is 12.3. The van der Waals surface area contributed by atoms with Gasteiger partial charge < -0.3 is 5.11 Å². The van der Waals surface area contributed by atoms with Gasteiger partial charge in [-0.2, -0.15) is 0 Å². The first-order valence-electron chi connectivity index (χ1n) is 5.86. The average Bonchev–Trinajstić information content (AvgIpc) is 2.63. The number of hydrogen-bond acceptors (Lipinski definition) is 2. The van der Waals surface area contributed by atoms with Crippen LogP contribution in [-0.4, -0.2) is 11.0 Å². The fourth-order valence-electron chi connectivity index (χ4n) is 2.32. The Morgan fingerprint density at radius 1 is 1.11 bits per heavy atom. The topological polar surface area (TPSA) is 40.5 Å². The second-order valence-corrected chi connectivity index (χ2v) is 4.48. The minimum absolute atomic E-state index is 0.149. The highest BCUT2D eigenvalue weighted by Crippen LogP contribution is 2.35. The highest BCUT2D eigenvalue weighted by Gasteiger charge is 2.36. The van der Waals surface area contributed by atoms with Gasteiger partial charge in [0.15, 0.2) is 6.23 Å². The zero-order valence-electron chi connectivity index (χ0n) is 10.00. The summed E-state index contributed by atoms with van der Waals surface area (Å²) in [6.45, 7) is 1.95. The van der Waals surface area contributed by atoms with E-state index in [0.29, 0.717) is 16.8 Å². The van der Waals surface area contributed by atoms with Crippen LogP contribution in [0.1, 0.15) is 27.7 Å². The van der Waals surface area contributed by atoms with E-state index >= 15 is 0 Å². The van der Waals surface area contributed by atoms with E-state index in [1.165, 1.54) is 4.90 Å². The molecule has 0 aliphatic carbocycles. The third-order valence-corrected chi connectivity index (χ3v) is 3.21. The molecule has 1 N–H and O–H groups in total. The van der Waals surface area contributed by atoms with Crippen LogP contribution in [0.25, 0.3) is 0 Å². The Bertz CT molecular complexity index is 607. The molecule has 1 aliphatic rings. The summed E-state index contributed by atoms with van der Waals surface area (Å²) in [5.41, 5.74) is 3.01. The number of anilines is 1. The molecule has 0 aromatic heterocycles. The van der Waals surface area contributed by atoms with E-state index in [1.54, 1.807) is 6.07 Å². The fourth-order valence-corrected chi connectivity index (χ4v) is 2.32. The molecule has 0 bridgehead atoms. The van der Waals surface area contributed by atoms with Crippen molar-refractivity contribution in [2.75, 3.05) is 4.90 Å². The van der Waals surface area contributed by atoms with Gasteiger partial charge in [-0.25, -0.2) is 0 Å². The SMILES string of the molecule is Cc1ccc2c(c1)C(O)N(c1ccccc1)C2=O. The molecule has 3 rings (SSSR count). The largest absolute Gasteiger partial charge is 0.369 e. The number of aliphatic hydroxyl groups excluding tert-OH is 1. The van der Waals surface area contributed by atoms with E-state index in [4.69, 9.17) is 0 Å². The predicted molar refractivity (Wildman–Crippen MR) is 69.4 cm³/mol. The molecule has 1 atom stereocenters. The van der Waals surface area contributed by atoms with Crippen molar-refractivity contribution in [3.8, 4) is 0 Å². The van der Waals surface area contributed by atoms with Crippen LogP contribution in [-0.2, 0) is 0 Å². The number of hydrogen-bond donors (Lipinski definition) is 1. The van der Waals surface area contributed by atoms with Gasteiger partial charge in [-0.1, -0.05) is 35.9 Å². The van der Waals surface area contributed by atoms with Crippen molar-refractivity contribution in [2.45, 2.75) is 13.2 Å². The van der Waals surface area contributed by atoms with Gasteiger partial charge in [-0.15, -0.1) is 0 Å². The summed E-state index contributed by atoms with van der Waals surface area (Å²) in [6, 6.07) is 14.7. The van der Waals surface area contributed by atoms with Crippen LogP contribution in [0.15, 0.2) is 48.5 Å². The highest BCUT2D eigenvalue weighted by molar-refractivity contribution is 6.10. The molecule has 3 heteroatoms. The van der Waals surface area contributed by atoms with E-state index in [2.05, 4.69) is 0 Å². The van der Waals surface area contributed by atoms with Crippen molar-refractivity contribution in [2.24, 2.45) is 0 Å². The molecule has 0 radical (unpaired) electrons. The molecule has 2 aromatic carbocycles. The zero-order valence-corrected chi connectivity index (χ0v) is 10.00. The van der Waals surface area contributed by atoms with Gasteiger partial charge in [0.05, 0.1) is 0 Å². The minimum atomic E-state index is -0.894. The molecule has 90 valence electrons. The molecule has 0 saturated carbocycles. The highest BCUT2D eigenvalue weighted by atomic mass is 16.3. The second kappa shape index (κ2) is 3.96. The number of aryl methyl sites for hydroxylation is 1. The normalized spacial score (nSPS) is 18.0. The summed E-state index contributed by atoms with van der Waals surface area (Å²) < 4.78 is 0. The van der Waals surface area contributed by atoms with Gasteiger partial charge in [0.1, 0.15) is 0 Å². The molecular formula is C15H13NO2. The number of fused-ring (bicyclic) bond motifs is 1. The van der Waals surface area contributed by atoms with Crippen molar-refractivity contribution in [1.29, 1.82) is 0 Å². The van der Waals surface area contributed by atoms with Crippen LogP contribution in [0.4, 0.5) is 5.69 Å². The summed E-state index contributed by atoms with van der Waals surface area (Å²) in [5, 5.41) is 10.3. The molecule has 18 heavy (non-hydrogen) atoms. The van der Waals surface area contributed by atoms with Crippen LogP contribution >= 0.6 is 0 Å². The van der Waals surface area contributed by atoms with E-state index < -0.39 is 6.23 Å².